The van der Waals surface area contributed by atoms with E-state index in [1.54, 1.807) is 18.2 Å². The predicted molar refractivity (Wildman–Crippen MR) is 60.2 cm³/mol. The minimum absolute atomic E-state index is 0.196. The number of ether oxygens (including phenoxy) is 1. The molecular formula is C11H14F2N2O2. The van der Waals surface area contributed by atoms with Gasteiger partial charge in [-0.25, -0.2) is 8.78 Å². The van der Waals surface area contributed by atoms with E-state index < -0.39 is 25.0 Å². The van der Waals surface area contributed by atoms with E-state index in [0.717, 1.165) is 0 Å². The molecule has 3 N–H and O–H groups in total. The maximum atomic E-state index is 12.0. The number of para-hydroxylation sites is 2. The Morgan fingerprint density at radius 3 is 2.71 bits per heavy atom. The number of carbonyl (C=O) groups is 1. The summed E-state index contributed by atoms with van der Waals surface area (Å²) in [5, 5.41) is 2.50. The van der Waals surface area contributed by atoms with Crippen LogP contribution in [0.4, 0.5) is 14.5 Å². The molecule has 94 valence electrons. The zero-order chi connectivity index (χ0) is 12.8. The van der Waals surface area contributed by atoms with Crippen LogP contribution < -0.4 is 15.8 Å². The van der Waals surface area contributed by atoms with Crippen LogP contribution in [0.1, 0.15) is 6.92 Å². The van der Waals surface area contributed by atoms with Crippen LogP contribution in [0.25, 0.3) is 0 Å². The minimum Gasteiger partial charge on any atom is -0.485 e. The lowest BCUT2D eigenvalue weighted by atomic mass is 10.2. The van der Waals surface area contributed by atoms with E-state index in [9.17, 15) is 13.6 Å². The summed E-state index contributed by atoms with van der Waals surface area (Å²) in [5.41, 5.74) is 5.71. The monoisotopic (exact) mass is 244 g/mol. The van der Waals surface area contributed by atoms with E-state index in [1.807, 2.05) is 0 Å². The lowest BCUT2D eigenvalue weighted by Crippen LogP contribution is -2.32. The Morgan fingerprint density at radius 1 is 1.47 bits per heavy atom. The number of halogens is 2. The Labute approximate surface area is 97.8 Å². The van der Waals surface area contributed by atoms with E-state index in [-0.39, 0.29) is 5.75 Å². The molecule has 0 aliphatic heterocycles. The van der Waals surface area contributed by atoms with Crippen molar-refractivity contribution in [3.05, 3.63) is 24.3 Å². The highest BCUT2D eigenvalue weighted by Gasteiger charge is 2.12. The molecule has 0 aromatic heterocycles. The van der Waals surface area contributed by atoms with Crippen molar-refractivity contribution < 1.29 is 18.3 Å². The molecule has 17 heavy (non-hydrogen) atoms. The predicted octanol–water partition coefficient (Wildman–Crippen LogP) is 1.62. The summed E-state index contributed by atoms with van der Waals surface area (Å²) in [7, 11) is 0. The molecule has 1 aromatic carbocycles. The Morgan fingerprint density at radius 2 is 2.12 bits per heavy atom. The molecule has 1 aromatic rings. The minimum atomic E-state index is -2.56. The van der Waals surface area contributed by atoms with Gasteiger partial charge in [0.15, 0.2) is 0 Å². The van der Waals surface area contributed by atoms with Crippen molar-refractivity contribution in [1.29, 1.82) is 0 Å². The maximum absolute atomic E-state index is 12.0. The lowest BCUT2D eigenvalue weighted by molar-refractivity contribution is -0.117. The SMILES string of the molecule is C[C@H](N)C(=O)Nc1ccccc1OCC(F)F. The molecule has 6 heteroatoms. The third kappa shape index (κ3) is 4.36. The summed E-state index contributed by atoms with van der Waals surface area (Å²) >= 11 is 0. The highest BCUT2D eigenvalue weighted by molar-refractivity contribution is 5.95. The summed E-state index contributed by atoms with van der Waals surface area (Å²) in [6, 6.07) is 5.66. The topological polar surface area (TPSA) is 64.4 Å². The van der Waals surface area contributed by atoms with Crippen molar-refractivity contribution in [2.24, 2.45) is 5.73 Å². The van der Waals surface area contributed by atoms with Crippen molar-refractivity contribution in [2.75, 3.05) is 11.9 Å². The van der Waals surface area contributed by atoms with Gasteiger partial charge in [-0.15, -0.1) is 0 Å². The van der Waals surface area contributed by atoms with Gasteiger partial charge in [-0.05, 0) is 19.1 Å². The summed E-state index contributed by atoms with van der Waals surface area (Å²) in [6.45, 7) is 0.809. The standard InChI is InChI=1S/C11H14F2N2O2/c1-7(14)11(16)15-8-4-2-3-5-9(8)17-6-10(12)13/h2-5,7,10H,6,14H2,1H3,(H,15,16)/t7-/m0/s1. The zero-order valence-corrected chi connectivity index (χ0v) is 9.32. The molecule has 0 aliphatic carbocycles. The highest BCUT2D eigenvalue weighted by atomic mass is 19.3. The van der Waals surface area contributed by atoms with Gasteiger partial charge < -0.3 is 15.8 Å². The number of nitrogens with one attached hydrogen (secondary N) is 1. The van der Waals surface area contributed by atoms with Crippen molar-refractivity contribution in [1.82, 2.24) is 0 Å². The second kappa shape index (κ2) is 6.15. The second-order valence-corrected chi connectivity index (χ2v) is 3.48. The van der Waals surface area contributed by atoms with Crippen LogP contribution in [0.15, 0.2) is 24.3 Å². The Hall–Kier alpha value is -1.69. The quantitative estimate of drug-likeness (QED) is 0.827. The molecule has 0 radical (unpaired) electrons. The summed E-state index contributed by atoms with van der Waals surface area (Å²) in [5.74, 6) is -0.208. The van der Waals surface area contributed by atoms with Crippen LogP contribution in [-0.2, 0) is 4.79 Å². The van der Waals surface area contributed by atoms with E-state index in [2.05, 4.69) is 5.32 Å². The normalized spacial score (nSPS) is 12.3. The summed E-state index contributed by atoms with van der Waals surface area (Å²) in [4.78, 5) is 11.4. The molecule has 1 atom stereocenters. The smallest absolute Gasteiger partial charge is 0.272 e. The first-order chi connectivity index (χ1) is 8.00. The number of amides is 1. The molecule has 0 unspecified atom stereocenters. The molecule has 0 heterocycles. The lowest BCUT2D eigenvalue weighted by Gasteiger charge is -2.13. The molecule has 1 amide bonds. The van der Waals surface area contributed by atoms with Gasteiger partial charge in [-0.2, -0.15) is 0 Å². The van der Waals surface area contributed by atoms with Gasteiger partial charge in [-0.3, -0.25) is 4.79 Å². The van der Waals surface area contributed by atoms with Crippen LogP contribution >= 0.6 is 0 Å². The number of nitrogens with two attached hydrogens (primary N) is 1. The van der Waals surface area contributed by atoms with Gasteiger partial charge in [0.25, 0.3) is 6.43 Å². The van der Waals surface area contributed by atoms with Gasteiger partial charge in [0.2, 0.25) is 5.91 Å². The molecule has 4 nitrogen and oxygen atoms in total. The molecule has 1 rings (SSSR count). The highest BCUT2D eigenvalue weighted by Crippen LogP contribution is 2.24. The number of hydrogen-bond donors (Lipinski definition) is 2. The Bertz CT molecular complexity index is 383. The van der Waals surface area contributed by atoms with Crippen LogP contribution in [-0.4, -0.2) is 25.0 Å². The molecule has 0 saturated carbocycles. The molecule has 0 fully saturated rings. The van der Waals surface area contributed by atoms with Crippen molar-refractivity contribution in [3.63, 3.8) is 0 Å². The van der Waals surface area contributed by atoms with Gasteiger partial charge in [0.1, 0.15) is 12.4 Å². The fourth-order valence-electron chi connectivity index (χ4n) is 1.10. The Balaban J connectivity index is 2.74. The number of rotatable bonds is 5. The van der Waals surface area contributed by atoms with E-state index in [0.29, 0.717) is 5.69 Å². The van der Waals surface area contributed by atoms with E-state index in [4.69, 9.17) is 10.5 Å². The van der Waals surface area contributed by atoms with Crippen LogP contribution in [0.3, 0.4) is 0 Å². The van der Waals surface area contributed by atoms with Gasteiger partial charge in [0, 0.05) is 0 Å². The summed E-state index contributed by atoms with van der Waals surface area (Å²) < 4.78 is 28.9. The molecular weight excluding hydrogens is 230 g/mol. The number of anilines is 1. The van der Waals surface area contributed by atoms with Crippen molar-refractivity contribution >= 4 is 11.6 Å². The Kier molecular flexibility index (Phi) is 4.84. The van der Waals surface area contributed by atoms with Crippen LogP contribution in [0.5, 0.6) is 5.75 Å². The van der Waals surface area contributed by atoms with Crippen molar-refractivity contribution in [2.45, 2.75) is 19.4 Å². The average molecular weight is 244 g/mol. The largest absolute Gasteiger partial charge is 0.485 e. The average Bonchev–Trinajstić information content (AvgIpc) is 2.27. The molecule has 0 saturated heterocycles. The van der Waals surface area contributed by atoms with Crippen LogP contribution in [0.2, 0.25) is 0 Å². The fraction of sp³-hybridized carbons (Fsp3) is 0.364. The van der Waals surface area contributed by atoms with Gasteiger partial charge in [0.05, 0.1) is 11.7 Å². The van der Waals surface area contributed by atoms with E-state index >= 15 is 0 Å². The van der Waals surface area contributed by atoms with E-state index in [1.165, 1.54) is 13.0 Å². The number of alkyl halides is 2. The third-order valence-electron chi connectivity index (χ3n) is 1.92. The maximum Gasteiger partial charge on any atom is 0.272 e. The second-order valence-electron chi connectivity index (χ2n) is 3.48. The summed E-state index contributed by atoms with van der Waals surface area (Å²) in [6.07, 6.45) is -2.56. The van der Waals surface area contributed by atoms with Gasteiger partial charge in [-0.1, -0.05) is 12.1 Å². The first kappa shape index (κ1) is 13.4. The third-order valence-corrected chi connectivity index (χ3v) is 1.92. The number of benzene rings is 1. The van der Waals surface area contributed by atoms with Crippen molar-refractivity contribution in [3.8, 4) is 5.75 Å². The van der Waals surface area contributed by atoms with Gasteiger partial charge >= 0.3 is 0 Å². The first-order valence-corrected chi connectivity index (χ1v) is 5.07. The number of hydrogen-bond acceptors (Lipinski definition) is 3. The number of carbonyl (C=O) groups excluding carboxylic acids is 1. The molecule has 0 spiro atoms. The molecule has 0 bridgehead atoms. The van der Waals surface area contributed by atoms with Crippen LogP contribution in [0, 0.1) is 0 Å². The zero-order valence-electron chi connectivity index (χ0n) is 9.32. The fourth-order valence-corrected chi connectivity index (χ4v) is 1.10. The molecule has 0 aliphatic rings. The first-order valence-electron chi connectivity index (χ1n) is 5.07.